The molecular weight excluding hydrogens is 376 g/mol. The maximum absolute atomic E-state index is 12.3. The maximum atomic E-state index is 12.3. The van der Waals surface area contributed by atoms with E-state index in [2.05, 4.69) is 4.99 Å². The lowest BCUT2D eigenvalue weighted by atomic mass is 10.1. The van der Waals surface area contributed by atoms with Crippen LogP contribution in [0.3, 0.4) is 0 Å². The van der Waals surface area contributed by atoms with E-state index in [9.17, 15) is 4.79 Å². The van der Waals surface area contributed by atoms with E-state index in [-0.39, 0.29) is 18.2 Å². The molecule has 0 unspecified atom stereocenters. The van der Waals surface area contributed by atoms with Crippen molar-refractivity contribution in [3.05, 3.63) is 53.2 Å². The van der Waals surface area contributed by atoms with Gasteiger partial charge in [-0.3, -0.25) is 0 Å². The molecule has 0 saturated heterocycles. The third-order valence-corrected chi connectivity index (χ3v) is 4.00. The fourth-order valence-corrected chi connectivity index (χ4v) is 2.62. The highest BCUT2D eigenvalue weighted by Gasteiger charge is 2.25. The van der Waals surface area contributed by atoms with Crippen LogP contribution in [0, 0.1) is 11.3 Å². The zero-order valence-electron chi connectivity index (χ0n) is 16.1. The molecular formula is C21H18N2O6. The van der Waals surface area contributed by atoms with Gasteiger partial charge >= 0.3 is 5.97 Å². The van der Waals surface area contributed by atoms with Gasteiger partial charge in [-0.1, -0.05) is 6.07 Å². The Kier molecular flexibility index (Phi) is 6.00. The molecule has 148 valence electrons. The molecule has 0 spiro atoms. The van der Waals surface area contributed by atoms with E-state index < -0.39 is 5.97 Å². The minimum atomic E-state index is -0.578. The highest BCUT2D eigenvalue weighted by atomic mass is 16.6. The number of benzene rings is 2. The van der Waals surface area contributed by atoms with Gasteiger partial charge in [-0.2, -0.15) is 5.26 Å². The van der Waals surface area contributed by atoms with Crippen LogP contribution in [0.25, 0.3) is 6.08 Å². The lowest BCUT2D eigenvalue weighted by Gasteiger charge is -2.08. The molecule has 1 aliphatic rings. The number of carbonyl (C=O) groups excluding carboxylic acids is 1. The van der Waals surface area contributed by atoms with E-state index in [4.69, 9.17) is 28.9 Å². The Labute approximate surface area is 167 Å². The molecule has 8 nitrogen and oxygen atoms in total. The van der Waals surface area contributed by atoms with E-state index in [0.717, 1.165) is 0 Å². The molecule has 0 radical (unpaired) electrons. The number of ether oxygens (including phenoxy) is 5. The summed E-state index contributed by atoms with van der Waals surface area (Å²) < 4.78 is 26.3. The molecule has 0 saturated carbocycles. The van der Waals surface area contributed by atoms with Gasteiger partial charge in [0.1, 0.15) is 17.6 Å². The van der Waals surface area contributed by atoms with Gasteiger partial charge in [-0.25, -0.2) is 9.79 Å². The Hall–Kier alpha value is -3.99. The third-order valence-electron chi connectivity index (χ3n) is 4.00. The third kappa shape index (κ3) is 4.47. The molecule has 3 rings (SSSR count). The molecule has 0 aliphatic carbocycles. The SMILES string of the molecule is COc1cc(OC)cc(C2=N/C(=C/c3ccc(OCC#N)c(OC)c3)C(=O)O2)c1. The smallest absolute Gasteiger partial charge is 0.363 e. The minimum Gasteiger partial charge on any atom is -0.497 e. The number of cyclic esters (lactones) is 1. The molecule has 8 heteroatoms. The zero-order valence-corrected chi connectivity index (χ0v) is 16.1. The fourth-order valence-electron chi connectivity index (χ4n) is 2.62. The summed E-state index contributed by atoms with van der Waals surface area (Å²) in [6.07, 6.45) is 1.57. The molecule has 0 atom stereocenters. The normalized spacial score (nSPS) is 14.1. The van der Waals surface area contributed by atoms with Crippen molar-refractivity contribution < 1.29 is 28.5 Å². The Balaban J connectivity index is 1.92. The van der Waals surface area contributed by atoms with Gasteiger partial charge in [0, 0.05) is 11.6 Å². The lowest BCUT2D eigenvalue weighted by molar-refractivity contribution is -0.129. The van der Waals surface area contributed by atoms with Crippen LogP contribution in [0.1, 0.15) is 11.1 Å². The van der Waals surface area contributed by atoms with Crippen LogP contribution in [0.4, 0.5) is 0 Å². The van der Waals surface area contributed by atoms with Crippen molar-refractivity contribution in [1.82, 2.24) is 0 Å². The second-order valence-corrected chi connectivity index (χ2v) is 5.79. The summed E-state index contributed by atoms with van der Waals surface area (Å²) in [5, 5.41) is 8.64. The van der Waals surface area contributed by atoms with E-state index in [1.165, 1.54) is 21.3 Å². The molecule has 29 heavy (non-hydrogen) atoms. The Bertz CT molecular complexity index is 1010. The fraction of sp³-hybridized carbons (Fsp3) is 0.190. The van der Waals surface area contributed by atoms with E-state index in [1.807, 2.05) is 6.07 Å². The predicted octanol–water partition coefficient (Wildman–Crippen LogP) is 2.96. The number of aliphatic imine (C=N–C) groups is 1. The molecule has 0 aromatic heterocycles. The first-order chi connectivity index (χ1) is 14.1. The van der Waals surface area contributed by atoms with Gasteiger partial charge in [0.15, 0.2) is 23.8 Å². The van der Waals surface area contributed by atoms with Gasteiger partial charge < -0.3 is 23.7 Å². The highest BCUT2D eigenvalue weighted by molar-refractivity contribution is 6.13. The number of nitriles is 1. The van der Waals surface area contributed by atoms with Crippen LogP contribution in [0.5, 0.6) is 23.0 Å². The number of hydrogen-bond acceptors (Lipinski definition) is 8. The summed E-state index contributed by atoms with van der Waals surface area (Å²) in [7, 11) is 4.55. The van der Waals surface area contributed by atoms with Crippen LogP contribution >= 0.6 is 0 Å². The minimum absolute atomic E-state index is 0.0965. The van der Waals surface area contributed by atoms with Crippen molar-refractivity contribution in [2.24, 2.45) is 4.99 Å². The largest absolute Gasteiger partial charge is 0.497 e. The monoisotopic (exact) mass is 394 g/mol. The van der Waals surface area contributed by atoms with Gasteiger partial charge in [0.25, 0.3) is 0 Å². The molecule has 0 N–H and O–H groups in total. The van der Waals surface area contributed by atoms with Gasteiger partial charge in [0.05, 0.1) is 21.3 Å². The number of carbonyl (C=O) groups is 1. The Morgan fingerprint density at radius 1 is 1.03 bits per heavy atom. The lowest BCUT2D eigenvalue weighted by Crippen LogP contribution is -2.06. The summed E-state index contributed by atoms with van der Waals surface area (Å²) >= 11 is 0. The summed E-state index contributed by atoms with van der Waals surface area (Å²) in [6.45, 7) is -0.0965. The molecule has 0 amide bonds. The number of hydrogen-bond donors (Lipinski definition) is 0. The molecule has 1 heterocycles. The average Bonchev–Trinajstić information content (AvgIpc) is 3.12. The first-order valence-electron chi connectivity index (χ1n) is 8.51. The first-order valence-corrected chi connectivity index (χ1v) is 8.51. The van der Waals surface area contributed by atoms with E-state index >= 15 is 0 Å². The summed E-state index contributed by atoms with van der Waals surface area (Å²) in [5.74, 6) is 1.53. The second-order valence-electron chi connectivity index (χ2n) is 5.79. The van der Waals surface area contributed by atoms with Crippen LogP contribution in [-0.4, -0.2) is 39.8 Å². The molecule has 0 fully saturated rings. The summed E-state index contributed by atoms with van der Waals surface area (Å²) in [5.41, 5.74) is 1.34. The number of esters is 1. The highest BCUT2D eigenvalue weighted by Crippen LogP contribution is 2.30. The Morgan fingerprint density at radius 2 is 1.76 bits per heavy atom. The van der Waals surface area contributed by atoms with Crippen molar-refractivity contribution in [3.63, 3.8) is 0 Å². The summed E-state index contributed by atoms with van der Waals surface area (Å²) in [4.78, 5) is 16.6. The van der Waals surface area contributed by atoms with Gasteiger partial charge in [-0.05, 0) is 35.9 Å². The number of methoxy groups -OCH3 is 3. The second kappa shape index (κ2) is 8.80. The zero-order chi connectivity index (χ0) is 20.8. The van der Waals surface area contributed by atoms with Crippen LogP contribution in [-0.2, 0) is 9.53 Å². The van der Waals surface area contributed by atoms with Crippen LogP contribution < -0.4 is 18.9 Å². The van der Waals surface area contributed by atoms with Crippen molar-refractivity contribution in [3.8, 4) is 29.1 Å². The van der Waals surface area contributed by atoms with Gasteiger partial charge in [0.2, 0.25) is 5.90 Å². The van der Waals surface area contributed by atoms with Crippen LogP contribution in [0.2, 0.25) is 0 Å². The van der Waals surface area contributed by atoms with Crippen LogP contribution in [0.15, 0.2) is 47.1 Å². The molecule has 1 aliphatic heterocycles. The van der Waals surface area contributed by atoms with E-state index in [1.54, 1.807) is 42.5 Å². The summed E-state index contributed by atoms with van der Waals surface area (Å²) in [6, 6.07) is 12.0. The topological polar surface area (TPSA) is 99.4 Å². The number of rotatable bonds is 7. The van der Waals surface area contributed by atoms with Crippen molar-refractivity contribution in [2.75, 3.05) is 27.9 Å². The van der Waals surface area contributed by atoms with Crippen molar-refractivity contribution in [2.45, 2.75) is 0 Å². The molecule has 0 bridgehead atoms. The molecule has 2 aromatic carbocycles. The van der Waals surface area contributed by atoms with Crippen molar-refractivity contribution >= 4 is 17.9 Å². The Morgan fingerprint density at radius 3 is 2.38 bits per heavy atom. The maximum Gasteiger partial charge on any atom is 0.363 e. The number of nitrogens with zero attached hydrogens (tertiary/aromatic N) is 2. The van der Waals surface area contributed by atoms with E-state index in [0.29, 0.717) is 34.1 Å². The quantitative estimate of drug-likeness (QED) is 0.526. The van der Waals surface area contributed by atoms with Gasteiger partial charge in [-0.15, -0.1) is 0 Å². The predicted molar refractivity (Wildman–Crippen MR) is 104 cm³/mol. The first kappa shape index (κ1) is 19.8. The average molecular weight is 394 g/mol. The molecule has 2 aromatic rings. The van der Waals surface area contributed by atoms with Crippen molar-refractivity contribution in [1.29, 1.82) is 5.26 Å². The standard InChI is InChI=1S/C21H18N2O6/c1-25-15-10-14(11-16(12-15)26-2)20-23-17(21(24)29-20)8-13-4-5-18(28-7-6-22)19(9-13)27-3/h4-5,8-12H,7H2,1-3H3/b17-8+.